The minimum atomic E-state index is -0.883. The molecule has 1 fully saturated rings. The van der Waals surface area contributed by atoms with E-state index in [1.54, 1.807) is 18.3 Å². The van der Waals surface area contributed by atoms with E-state index in [9.17, 15) is 13.2 Å². The number of halogens is 3. The molecule has 142 valence electrons. The molecule has 1 aliphatic rings. The highest BCUT2D eigenvalue weighted by atomic mass is 19.2. The van der Waals surface area contributed by atoms with Crippen LogP contribution < -0.4 is 0 Å². The number of aromatic amines is 1. The fraction of sp³-hybridized carbons (Fsp3) is 0.273. The largest absolute Gasteiger partial charge is 0.342 e. The van der Waals surface area contributed by atoms with Crippen LogP contribution in [0.4, 0.5) is 13.2 Å². The lowest BCUT2D eigenvalue weighted by Crippen LogP contribution is -2.13. The molecule has 0 amide bonds. The maximum absolute atomic E-state index is 13.7. The van der Waals surface area contributed by atoms with Gasteiger partial charge in [0.15, 0.2) is 11.6 Å². The smallest absolute Gasteiger partial charge is 0.161 e. The third-order valence-corrected chi connectivity index (χ3v) is 5.83. The third-order valence-electron chi connectivity index (χ3n) is 5.83. The van der Waals surface area contributed by atoms with Crippen LogP contribution in [-0.2, 0) is 0 Å². The highest BCUT2D eigenvalue weighted by Crippen LogP contribution is 2.41. The zero-order valence-electron chi connectivity index (χ0n) is 15.1. The zero-order valence-corrected chi connectivity index (χ0v) is 15.1. The van der Waals surface area contributed by atoms with Crippen LogP contribution in [0.15, 0.2) is 42.6 Å². The highest BCUT2D eigenvalue weighted by molar-refractivity contribution is 5.82. The first-order chi connectivity index (χ1) is 13.6. The van der Waals surface area contributed by atoms with Crippen LogP contribution in [0.25, 0.3) is 21.9 Å². The van der Waals surface area contributed by atoms with Crippen LogP contribution in [0.1, 0.15) is 48.9 Å². The second-order valence-corrected chi connectivity index (χ2v) is 7.52. The number of nitrogens with zero attached hydrogens (tertiary/aromatic N) is 2. The molecule has 1 aliphatic carbocycles. The normalized spacial score (nSPS) is 20.1. The molecule has 1 N–H and O–H groups in total. The quantitative estimate of drug-likeness (QED) is 0.465. The van der Waals surface area contributed by atoms with E-state index in [0.717, 1.165) is 60.1 Å². The summed E-state index contributed by atoms with van der Waals surface area (Å²) in [5.41, 5.74) is 2.91. The summed E-state index contributed by atoms with van der Waals surface area (Å²) >= 11 is 0. The molecule has 2 heterocycles. The number of H-pyrrole nitrogens is 1. The lowest BCUT2D eigenvalue weighted by atomic mass is 9.77. The van der Waals surface area contributed by atoms with Crippen molar-refractivity contribution < 1.29 is 13.2 Å². The highest BCUT2D eigenvalue weighted by Gasteiger charge is 2.27. The summed E-state index contributed by atoms with van der Waals surface area (Å²) in [4.78, 5) is 12.0. The molecule has 0 radical (unpaired) electrons. The molecule has 0 atom stereocenters. The Morgan fingerprint density at radius 3 is 2.39 bits per heavy atom. The van der Waals surface area contributed by atoms with E-state index in [1.807, 2.05) is 6.07 Å². The van der Waals surface area contributed by atoms with E-state index >= 15 is 0 Å². The molecule has 0 saturated heterocycles. The summed E-state index contributed by atoms with van der Waals surface area (Å²) in [6.45, 7) is 0. The fourth-order valence-corrected chi connectivity index (χ4v) is 4.39. The minimum Gasteiger partial charge on any atom is -0.342 e. The van der Waals surface area contributed by atoms with Crippen molar-refractivity contribution in [1.82, 2.24) is 15.0 Å². The summed E-state index contributed by atoms with van der Waals surface area (Å²) in [6.07, 6.45) is 5.49. The predicted octanol–water partition coefficient (Wildman–Crippen LogP) is 5.97. The van der Waals surface area contributed by atoms with Crippen LogP contribution in [0, 0.1) is 17.5 Å². The molecule has 0 bridgehead atoms. The van der Waals surface area contributed by atoms with Crippen molar-refractivity contribution in [2.75, 3.05) is 0 Å². The Kier molecular flexibility index (Phi) is 4.07. The Morgan fingerprint density at radius 2 is 1.57 bits per heavy atom. The predicted molar refractivity (Wildman–Crippen MR) is 102 cm³/mol. The van der Waals surface area contributed by atoms with Gasteiger partial charge in [0.1, 0.15) is 11.6 Å². The maximum atomic E-state index is 13.7. The molecule has 0 aliphatic heterocycles. The van der Waals surface area contributed by atoms with Crippen LogP contribution in [0.5, 0.6) is 0 Å². The van der Waals surface area contributed by atoms with Crippen LogP contribution >= 0.6 is 0 Å². The second-order valence-electron chi connectivity index (χ2n) is 7.52. The number of aromatic nitrogens is 3. The third kappa shape index (κ3) is 2.93. The van der Waals surface area contributed by atoms with Gasteiger partial charge in [0.2, 0.25) is 0 Å². The van der Waals surface area contributed by atoms with Crippen LogP contribution in [-0.4, -0.2) is 15.0 Å². The Bertz CT molecular complexity index is 1140. The molecule has 2 aromatic heterocycles. The lowest BCUT2D eigenvalue weighted by Gasteiger charge is -2.28. The van der Waals surface area contributed by atoms with Crippen molar-refractivity contribution in [3.8, 4) is 0 Å². The molecule has 28 heavy (non-hydrogen) atoms. The Balaban J connectivity index is 1.39. The summed E-state index contributed by atoms with van der Waals surface area (Å²) in [7, 11) is 0. The molecule has 5 rings (SSSR count). The van der Waals surface area contributed by atoms with Crippen LogP contribution in [0.2, 0.25) is 0 Å². The minimum absolute atomic E-state index is 0.222. The van der Waals surface area contributed by atoms with Gasteiger partial charge in [-0.2, -0.15) is 0 Å². The summed E-state index contributed by atoms with van der Waals surface area (Å²) in [5, 5.41) is 0.876. The van der Waals surface area contributed by atoms with E-state index in [2.05, 4.69) is 15.0 Å². The van der Waals surface area contributed by atoms with Crippen LogP contribution in [0.3, 0.4) is 0 Å². The summed E-state index contributed by atoms with van der Waals surface area (Å²) < 4.78 is 40.6. The average molecular weight is 381 g/mol. The number of rotatable bonds is 2. The van der Waals surface area contributed by atoms with Gasteiger partial charge in [0.05, 0.1) is 16.6 Å². The van der Waals surface area contributed by atoms with E-state index in [1.165, 1.54) is 6.07 Å². The van der Waals surface area contributed by atoms with Gasteiger partial charge in [-0.15, -0.1) is 0 Å². The van der Waals surface area contributed by atoms with Crippen molar-refractivity contribution >= 4 is 21.9 Å². The first-order valence-corrected chi connectivity index (χ1v) is 9.47. The Hall–Kier alpha value is -2.89. The Morgan fingerprint density at radius 1 is 0.821 bits per heavy atom. The number of pyridine rings is 1. The number of imidazole rings is 1. The van der Waals surface area contributed by atoms with E-state index in [4.69, 9.17) is 0 Å². The van der Waals surface area contributed by atoms with Gasteiger partial charge in [-0.05, 0) is 61.4 Å². The molecule has 0 spiro atoms. The summed E-state index contributed by atoms with van der Waals surface area (Å²) in [6, 6.07) is 8.99. The first-order valence-electron chi connectivity index (χ1n) is 9.47. The number of hydrogen-bond acceptors (Lipinski definition) is 2. The van der Waals surface area contributed by atoms with Crippen molar-refractivity contribution in [2.24, 2.45) is 0 Å². The van der Waals surface area contributed by atoms with Gasteiger partial charge in [-0.25, -0.2) is 18.2 Å². The lowest BCUT2D eigenvalue weighted by molar-refractivity contribution is 0.388. The second kappa shape index (κ2) is 6.62. The molecule has 3 nitrogen and oxygen atoms in total. The molecule has 2 aromatic carbocycles. The van der Waals surface area contributed by atoms with Gasteiger partial charge >= 0.3 is 0 Å². The van der Waals surface area contributed by atoms with Gasteiger partial charge in [0, 0.05) is 29.6 Å². The van der Waals surface area contributed by atoms with Crippen molar-refractivity contribution in [2.45, 2.75) is 37.5 Å². The van der Waals surface area contributed by atoms with E-state index < -0.39 is 11.6 Å². The van der Waals surface area contributed by atoms with Crippen molar-refractivity contribution in [1.29, 1.82) is 0 Å². The molecular weight excluding hydrogens is 363 g/mol. The number of benzene rings is 2. The topological polar surface area (TPSA) is 41.6 Å². The first kappa shape index (κ1) is 17.2. The number of nitrogens with one attached hydrogen (secondary N) is 1. The number of fused-ring (bicyclic) bond motifs is 2. The molecule has 4 aromatic rings. The van der Waals surface area contributed by atoms with Crippen molar-refractivity contribution in [3.05, 3.63) is 71.4 Å². The monoisotopic (exact) mass is 381 g/mol. The number of hydrogen-bond donors (Lipinski definition) is 1. The molecule has 1 saturated carbocycles. The van der Waals surface area contributed by atoms with Gasteiger partial charge in [0.25, 0.3) is 0 Å². The molecular formula is C22H18F3N3. The zero-order chi connectivity index (χ0) is 19.3. The maximum Gasteiger partial charge on any atom is 0.161 e. The van der Waals surface area contributed by atoms with Gasteiger partial charge < -0.3 is 4.98 Å². The standard InChI is InChI=1S/C22H18F3N3/c23-14-5-6-19-16(9-14)15(7-8-26-19)12-1-3-13(4-2-12)22-27-20-10-17(24)18(25)11-21(20)28-22/h5-13H,1-4H2,(H,27,28)/t12-,13-. The Labute approximate surface area is 159 Å². The molecule has 0 unspecified atom stereocenters. The van der Waals surface area contributed by atoms with E-state index in [-0.39, 0.29) is 11.7 Å². The SMILES string of the molecule is Fc1ccc2nccc([C@H]3CC[C@H](c4nc5cc(F)c(F)cc5[nH]4)CC3)c2c1. The fourth-order valence-electron chi connectivity index (χ4n) is 4.39. The summed E-state index contributed by atoms with van der Waals surface area (Å²) in [5.74, 6) is -0.669. The van der Waals surface area contributed by atoms with Crippen molar-refractivity contribution in [3.63, 3.8) is 0 Å². The van der Waals surface area contributed by atoms with Gasteiger partial charge in [-0.1, -0.05) is 0 Å². The molecule has 6 heteroatoms. The average Bonchev–Trinajstić information content (AvgIpc) is 3.10. The van der Waals surface area contributed by atoms with E-state index in [0.29, 0.717) is 17.0 Å². The van der Waals surface area contributed by atoms with Gasteiger partial charge in [-0.3, -0.25) is 4.98 Å².